The average molecular weight is 373 g/mol. The van der Waals surface area contributed by atoms with Crippen LogP contribution in [0.1, 0.15) is 27.4 Å². The molecule has 0 saturated carbocycles. The molecular weight excluding hydrogens is 350 g/mol. The Bertz CT molecular complexity index is 792. The number of amides is 2. The van der Waals surface area contributed by atoms with Crippen LogP contribution in [0.2, 0.25) is 0 Å². The lowest BCUT2D eigenvalue weighted by molar-refractivity contribution is -0.126. The van der Waals surface area contributed by atoms with Crippen LogP contribution in [-0.4, -0.2) is 59.6 Å². The summed E-state index contributed by atoms with van der Waals surface area (Å²) in [6.45, 7) is 3.69. The van der Waals surface area contributed by atoms with Gasteiger partial charge in [-0.2, -0.15) is 0 Å². The SMILES string of the molecule is COCc1c(C(=O)N2CCNC[C@@H]2C(=O)NCc2cccnc2)noc1C. The van der Waals surface area contributed by atoms with Gasteiger partial charge in [-0.25, -0.2) is 0 Å². The minimum absolute atomic E-state index is 0.196. The molecule has 0 bridgehead atoms. The molecule has 1 fully saturated rings. The van der Waals surface area contributed by atoms with E-state index in [-0.39, 0.29) is 24.1 Å². The smallest absolute Gasteiger partial charge is 0.277 e. The van der Waals surface area contributed by atoms with E-state index in [1.165, 1.54) is 4.90 Å². The molecule has 144 valence electrons. The first-order valence-electron chi connectivity index (χ1n) is 8.74. The molecule has 2 N–H and O–H groups in total. The summed E-state index contributed by atoms with van der Waals surface area (Å²) < 4.78 is 10.3. The highest BCUT2D eigenvalue weighted by atomic mass is 16.5. The maximum atomic E-state index is 13.0. The van der Waals surface area contributed by atoms with Crippen molar-refractivity contribution in [2.75, 3.05) is 26.7 Å². The van der Waals surface area contributed by atoms with Gasteiger partial charge >= 0.3 is 0 Å². The summed E-state index contributed by atoms with van der Waals surface area (Å²) in [6, 6.07) is 3.06. The zero-order chi connectivity index (χ0) is 19.2. The van der Waals surface area contributed by atoms with Gasteiger partial charge in [0, 0.05) is 45.7 Å². The fourth-order valence-electron chi connectivity index (χ4n) is 3.00. The van der Waals surface area contributed by atoms with Crippen molar-refractivity contribution in [3.05, 3.63) is 47.1 Å². The first-order chi connectivity index (χ1) is 13.1. The zero-order valence-corrected chi connectivity index (χ0v) is 15.4. The van der Waals surface area contributed by atoms with Crippen LogP contribution in [0.5, 0.6) is 0 Å². The molecule has 27 heavy (non-hydrogen) atoms. The van der Waals surface area contributed by atoms with Gasteiger partial charge < -0.3 is 24.8 Å². The number of nitrogens with zero attached hydrogens (tertiary/aromatic N) is 3. The third-order valence-electron chi connectivity index (χ3n) is 4.47. The standard InChI is InChI=1S/C18H23N5O4/c1-12-14(11-26-2)16(22-27-12)18(25)23-7-6-20-10-15(23)17(24)21-9-13-4-3-5-19-8-13/h3-5,8,15,20H,6-7,9-11H2,1-2H3,(H,21,24)/t15-/m1/s1. The van der Waals surface area contributed by atoms with Crippen LogP contribution in [-0.2, 0) is 22.7 Å². The number of carbonyl (C=O) groups is 2. The molecule has 0 unspecified atom stereocenters. The number of pyridine rings is 1. The number of nitrogens with one attached hydrogen (secondary N) is 2. The first-order valence-corrected chi connectivity index (χ1v) is 8.74. The minimum Gasteiger partial charge on any atom is -0.380 e. The van der Waals surface area contributed by atoms with Crippen LogP contribution in [0.15, 0.2) is 29.0 Å². The molecule has 0 aromatic carbocycles. The highest BCUT2D eigenvalue weighted by molar-refractivity contribution is 5.97. The van der Waals surface area contributed by atoms with E-state index in [0.717, 1.165) is 5.56 Å². The average Bonchev–Trinajstić information content (AvgIpc) is 3.07. The van der Waals surface area contributed by atoms with Crippen LogP contribution in [0, 0.1) is 6.92 Å². The third kappa shape index (κ3) is 4.32. The van der Waals surface area contributed by atoms with E-state index < -0.39 is 6.04 Å². The van der Waals surface area contributed by atoms with Crippen molar-refractivity contribution in [2.45, 2.75) is 26.1 Å². The molecular formula is C18H23N5O4. The summed E-state index contributed by atoms with van der Waals surface area (Å²) in [6.07, 6.45) is 3.37. The molecule has 0 spiro atoms. The van der Waals surface area contributed by atoms with Crippen LogP contribution in [0.25, 0.3) is 0 Å². The Morgan fingerprint density at radius 2 is 2.33 bits per heavy atom. The number of piperazine rings is 1. The van der Waals surface area contributed by atoms with Crippen molar-refractivity contribution in [3.63, 3.8) is 0 Å². The van der Waals surface area contributed by atoms with Crippen LogP contribution < -0.4 is 10.6 Å². The molecule has 3 heterocycles. The molecule has 2 aromatic rings. The van der Waals surface area contributed by atoms with E-state index in [1.807, 2.05) is 12.1 Å². The van der Waals surface area contributed by atoms with Gasteiger partial charge in [-0.3, -0.25) is 14.6 Å². The number of rotatable bonds is 6. The lowest BCUT2D eigenvalue weighted by Gasteiger charge is -2.34. The quantitative estimate of drug-likeness (QED) is 0.747. The predicted octanol–water partition coefficient (Wildman–Crippen LogP) is 0.255. The number of hydrogen-bond donors (Lipinski definition) is 2. The van der Waals surface area contributed by atoms with Gasteiger partial charge in [-0.15, -0.1) is 0 Å². The molecule has 1 saturated heterocycles. The van der Waals surface area contributed by atoms with Gasteiger partial charge in [0.1, 0.15) is 11.8 Å². The Morgan fingerprint density at radius 3 is 3.07 bits per heavy atom. The van der Waals surface area contributed by atoms with E-state index in [0.29, 0.717) is 37.5 Å². The largest absolute Gasteiger partial charge is 0.380 e. The Morgan fingerprint density at radius 1 is 1.48 bits per heavy atom. The summed E-state index contributed by atoms with van der Waals surface area (Å²) in [5.74, 6) is -0.0252. The number of ether oxygens (including phenoxy) is 1. The highest BCUT2D eigenvalue weighted by Crippen LogP contribution is 2.18. The van der Waals surface area contributed by atoms with Gasteiger partial charge in [-0.1, -0.05) is 11.2 Å². The van der Waals surface area contributed by atoms with Crippen molar-refractivity contribution < 1.29 is 18.8 Å². The van der Waals surface area contributed by atoms with E-state index in [2.05, 4.69) is 20.8 Å². The molecule has 1 aliphatic rings. The molecule has 2 amide bonds. The van der Waals surface area contributed by atoms with Crippen molar-refractivity contribution in [3.8, 4) is 0 Å². The first kappa shape index (κ1) is 19.0. The summed E-state index contributed by atoms with van der Waals surface area (Å²) in [5, 5.41) is 9.92. The van der Waals surface area contributed by atoms with Crippen molar-refractivity contribution in [1.29, 1.82) is 0 Å². The third-order valence-corrected chi connectivity index (χ3v) is 4.47. The van der Waals surface area contributed by atoms with E-state index in [9.17, 15) is 9.59 Å². The van der Waals surface area contributed by atoms with E-state index >= 15 is 0 Å². The molecule has 2 aromatic heterocycles. The van der Waals surface area contributed by atoms with Gasteiger partial charge in [0.2, 0.25) is 5.91 Å². The summed E-state index contributed by atoms with van der Waals surface area (Å²) >= 11 is 0. The van der Waals surface area contributed by atoms with Gasteiger partial charge in [-0.05, 0) is 18.6 Å². The van der Waals surface area contributed by atoms with Crippen LogP contribution >= 0.6 is 0 Å². The highest BCUT2D eigenvalue weighted by Gasteiger charge is 2.35. The zero-order valence-electron chi connectivity index (χ0n) is 15.4. The maximum absolute atomic E-state index is 13.0. The Kier molecular flexibility index (Phi) is 6.15. The molecule has 9 nitrogen and oxygen atoms in total. The molecule has 9 heteroatoms. The normalized spacial score (nSPS) is 17.0. The Hall–Kier alpha value is -2.78. The lowest BCUT2D eigenvalue weighted by Crippen LogP contribution is -2.59. The van der Waals surface area contributed by atoms with Gasteiger partial charge in [0.25, 0.3) is 5.91 Å². The topological polar surface area (TPSA) is 110 Å². The monoisotopic (exact) mass is 373 g/mol. The second kappa shape index (κ2) is 8.74. The molecule has 0 aliphatic carbocycles. The minimum atomic E-state index is -0.629. The van der Waals surface area contributed by atoms with Crippen molar-refractivity contribution >= 4 is 11.8 Å². The van der Waals surface area contributed by atoms with E-state index in [1.54, 1.807) is 26.4 Å². The molecule has 3 rings (SSSR count). The second-order valence-corrected chi connectivity index (χ2v) is 6.30. The van der Waals surface area contributed by atoms with E-state index in [4.69, 9.17) is 9.26 Å². The summed E-state index contributed by atoms with van der Waals surface area (Å²) in [5.41, 5.74) is 1.69. The Balaban J connectivity index is 1.73. The second-order valence-electron chi connectivity index (χ2n) is 6.30. The number of aryl methyl sites for hydroxylation is 1. The van der Waals surface area contributed by atoms with Crippen LogP contribution in [0.3, 0.4) is 0 Å². The summed E-state index contributed by atoms with van der Waals surface area (Å²) in [4.78, 5) is 31.3. The summed E-state index contributed by atoms with van der Waals surface area (Å²) in [7, 11) is 1.54. The fourth-order valence-corrected chi connectivity index (χ4v) is 3.00. The Labute approximate surface area is 157 Å². The molecule has 1 aliphatic heterocycles. The van der Waals surface area contributed by atoms with Gasteiger partial charge in [0.05, 0.1) is 12.2 Å². The molecule has 1 atom stereocenters. The number of carbonyl (C=O) groups excluding carboxylic acids is 2. The lowest BCUT2D eigenvalue weighted by atomic mass is 10.1. The predicted molar refractivity (Wildman–Crippen MR) is 95.7 cm³/mol. The maximum Gasteiger partial charge on any atom is 0.277 e. The number of hydrogen-bond acceptors (Lipinski definition) is 7. The molecule has 0 radical (unpaired) electrons. The van der Waals surface area contributed by atoms with Crippen LogP contribution in [0.4, 0.5) is 0 Å². The van der Waals surface area contributed by atoms with Gasteiger partial charge in [0.15, 0.2) is 5.69 Å². The number of methoxy groups -OCH3 is 1. The number of aromatic nitrogens is 2. The van der Waals surface area contributed by atoms with Crippen molar-refractivity contribution in [2.24, 2.45) is 0 Å². The fraction of sp³-hybridized carbons (Fsp3) is 0.444. The van der Waals surface area contributed by atoms with Crippen molar-refractivity contribution in [1.82, 2.24) is 25.7 Å².